The highest BCUT2D eigenvalue weighted by Crippen LogP contribution is 2.40. The molecule has 1 fully saturated rings. The Balaban J connectivity index is 1.94. The summed E-state index contributed by atoms with van der Waals surface area (Å²) in [6.07, 6.45) is 2.21. The third-order valence-electron chi connectivity index (χ3n) is 4.19. The van der Waals surface area contributed by atoms with Crippen LogP contribution in [0.2, 0.25) is 0 Å². The zero-order valence-corrected chi connectivity index (χ0v) is 15.4. The molecule has 110 valence electrons. The van der Waals surface area contributed by atoms with Crippen molar-refractivity contribution in [3.05, 3.63) is 26.8 Å². The van der Waals surface area contributed by atoms with E-state index in [0.29, 0.717) is 0 Å². The molecule has 1 aromatic rings. The van der Waals surface area contributed by atoms with Crippen molar-refractivity contribution in [2.24, 2.45) is 0 Å². The van der Waals surface area contributed by atoms with Crippen molar-refractivity contribution in [2.45, 2.75) is 51.3 Å². The molecule has 3 rings (SSSR count). The lowest BCUT2D eigenvalue weighted by Gasteiger charge is -2.42. The smallest absolute Gasteiger partial charge is 0.162 e. The van der Waals surface area contributed by atoms with Gasteiger partial charge in [0.05, 0.1) is 3.57 Å². The minimum atomic E-state index is -0.110. The molecule has 0 radical (unpaired) electrons. The maximum absolute atomic E-state index is 6.43. The van der Waals surface area contributed by atoms with Crippen molar-refractivity contribution < 1.29 is 4.74 Å². The standard InChI is InChI=1S/C16H22INOS/c1-15(2,3)12-8-11-10-18-16(4-6-20-7-5-16)19-14(11)13(17)9-12/h8-9,18H,4-7,10H2,1-3H3. The number of hydrogen-bond donors (Lipinski definition) is 1. The van der Waals surface area contributed by atoms with Gasteiger partial charge in [-0.05, 0) is 51.1 Å². The van der Waals surface area contributed by atoms with Crippen LogP contribution in [0.1, 0.15) is 44.7 Å². The molecule has 0 aromatic heterocycles. The highest BCUT2D eigenvalue weighted by atomic mass is 127. The van der Waals surface area contributed by atoms with Crippen LogP contribution >= 0.6 is 34.4 Å². The van der Waals surface area contributed by atoms with Crippen molar-refractivity contribution in [3.63, 3.8) is 0 Å². The predicted molar refractivity (Wildman–Crippen MR) is 94.6 cm³/mol. The summed E-state index contributed by atoms with van der Waals surface area (Å²) in [5.41, 5.74) is 2.78. The lowest BCUT2D eigenvalue weighted by atomic mass is 9.85. The van der Waals surface area contributed by atoms with Crippen molar-refractivity contribution in [3.8, 4) is 5.75 Å². The maximum Gasteiger partial charge on any atom is 0.162 e. The largest absolute Gasteiger partial charge is 0.471 e. The summed E-state index contributed by atoms with van der Waals surface area (Å²) in [5, 5.41) is 3.66. The fraction of sp³-hybridized carbons (Fsp3) is 0.625. The summed E-state index contributed by atoms with van der Waals surface area (Å²) in [6.45, 7) is 7.73. The molecule has 2 aliphatic rings. The van der Waals surface area contributed by atoms with Gasteiger partial charge in [-0.15, -0.1) is 0 Å². The lowest BCUT2D eigenvalue weighted by Crippen LogP contribution is -2.55. The first-order valence-corrected chi connectivity index (χ1v) is 9.48. The van der Waals surface area contributed by atoms with E-state index in [2.05, 4.69) is 60.8 Å². The molecule has 2 nitrogen and oxygen atoms in total. The van der Waals surface area contributed by atoms with Crippen molar-refractivity contribution in [2.75, 3.05) is 11.5 Å². The average Bonchev–Trinajstić information content (AvgIpc) is 2.39. The Kier molecular flexibility index (Phi) is 4.01. The van der Waals surface area contributed by atoms with E-state index in [-0.39, 0.29) is 11.1 Å². The Morgan fingerprint density at radius 1 is 1.25 bits per heavy atom. The van der Waals surface area contributed by atoms with Gasteiger partial charge in [0, 0.05) is 24.9 Å². The maximum atomic E-state index is 6.43. The van der Waals surface area contributed by atoms with Gasteiger partial charge in [0.15, 0.2) is 5.72 Å². The van der Waals surface area contributed by atoms with Crippen molar-refractivity contribution >= 4 is 34.4 Å². The van der Waals surface area contributed by atoms with E-state index >= 15 is 0 Å². The number of rotatable bonds is 0. The van der Waals surface area contributed by atoms with E-state index in [4.69, 9.17) is 4.74 Å². The SMILES string of the molecule is CC(C)(C)c1cc(I)c2c(c1)CNC1(CCSCC1)O2. The van der Waals surface area contributed by atoms with Crippen LogP contribution in [0.15, 0.2) is 12.1 Å². The first-order chi connectivity index (χ1) is 9.40. The Morgan fingerprint density at radius 3 is 2.60 bits per heavy atom. The van der Waals surface area contributed by atoms with Crippen LogP contribution in [-0.2, 0) is 12.0 Å². The lowest BCUT2D eigenvalue weighted by molar-refractivity contribution is 0.00730. The monoisotopic (exact) mass is 403 g/mol. The first-order valence-electron chi connectivity index (χ1n) is 7.24. The molecule has 20 heavy (non-hydrogen) atoms. The quantitative estimate of drug-likeness (QED) is 0.653. The third-order valence-corrected chi connectivity index (χ3v) is 5.97. The molecule has 0 aliphatic carbocycles. The normalized spacial score (nSPS) is 21.4. The number of fused-ring (bicyclic) bond motifs is 1. The highest BCUT2D eigenvalue weighted by molar-refractivity contribution is 14.1. The molecule has 2 heterocycles. The predicted octanol–water partition coefficient (Wildman–Crippen LogP) is 4.29. The molecule has 2 aliphatic heterocycles. The molecule has 0 bridgehead atoms. The van der Waals surface area contributed by atoms with Gasteiger partial charge in [-0.1, -0.05) is 26.8 Å². The summed E-state index contributed by atoms with van der Waals surface area (Å²) in [6, 6.07) is 4.60. The van der Waals surface area contributed by atoms with Gasteiger partial charge in [-0.25, -0.2) is 0 Å². The first kappa shape index (κ1) is 15.0. The van der Waals surface area contributed by atoms with E-state index in [1.165, 1.54) is 26.2 Å². The van der Waals surface area contributed by atoms with Gasteiger partial charge in [0.25, 0.3) is 0 Å². The second-order valence-electron chi connectivity index (χ2n) is 6.76. The Bertz CT molecular complexity index is 518. The van der Waals surface area contributed by atoms with E-state index in [1.54, 1.807) is 0 Å². The highest BCUT2D eigenvalue weighted by Gasteiger charge is 2.38. The summed E-state index contributed by atoms with van der Waals surface area (Å²) in [5.74, 6) is 3.50. The fourth-order valence-corrected chi connectivity index (χ4v) is 4.74. The van der Waals surface area contributed by atoms with Crippen LogP contribution in [0.5, 0.6) is 5.75 Å². The van der Waals surface area contributed by atoms with E-state index in [1.807, 2.05) is 11.8 Å². The van der Waals surface area contributed by atoms with Gasteiger partial charge in [-0.3, -0.25) is 5.32 Å². The molecule has 0 saturated carbocycles. The van der Waals surface area contributed by atoms with Crippen LogP contribution in [0.25, 0.3) is 0 Å². The van der Waals surface area contributed by atoms with Crippen LogP contribution in [0, 0.1) is 3.57 Å². The molecule has 1 saturated heterocycles. The molecular weight excluding hydrogens is 381 g/mol. The fourth-order valence-electron chi connectivity index (χ4n) is 2.80. The van der Waals surface area contributed by atoms with Gasteiger partial charge < -0.3 is 4.74 Å². The summed E-state index contributed by atoms with van der Waals surface area (Å²) >= 11 is 4.46. The molecule has 0 unspecified atom stereocenters. The van der Waals surface area contributed by atoms with Crippen LogP contribution < -0.4 is 10.1 Å². The van der Waals surface area contributed by atoms with Gasteiger partial charge in [0.1, 0.15) is 5.75 Å². The van der Waals surface area contributed by atoms with Crippen LogP contribution in [-0.4, -0.2) is 17.2 Å². The van der Waals surface area contributed by atoms with Gasteiger partial charge in [-0.2, -0.15) is 11.8 Å². The minimum Gasteiger partial charge on any atom is -0.471 e. The summed E-state index contributed by atoms with van der Waals surface area (Å²) < 4.78 is 7.68. The molecule has 4 heteroatoms. The number of benzene rings is 1. The number of ether oxygens (including phenoxy) is 1. The topological polar surface area (TPSA) is 21.3 Å². The summed E-state index contributed by atoms with van der Waals surface area (Å²) in [7, 11) is 0. The summed E-state index contributed by atoms with van der Waals surface area (Å²) in [4.78, 5) is 0. The van der Waals surface area contributed by atoms with Gasteiger partial charge >= 0.3 is 0 Å². The molecule has 1 aromatic carbocycles. The van der Waals surface area contributed by atoms with E-state index in [9.17, 15) is 0 Å². The zero-order chi connectivity index (χ0) is 14.4. The Labute approximate surface area is 139 Å². The Hall–Kier alpha value is 0.0600. The van der Waals surface area contributed by atoms with E-state index < -0.39 is 0 Å². The van der Waals surface area contributed by atoms with Crippen LogP contribution in [0.3, 0.4) is 0 Å². The molecular formula is C16H22INOS. The molecule has 0 amide bonds. The van der Waals surface area contributed by atoms with Crippen molar-refractivity contribution in [1.29, 1.82) is 0 Å². The molecule has 1 N–H and O–H groups in total. The second-order valence-corrected chi connectivity index (χ2v) is 9.15. The minimum absolute atomic E-state index is 0.110. The molecule has 0 atom stereocenters. The number of halogens is 1. The number of nitrogens with one attached hydrogen (secondary N) is 1. The van der Waals surface area contributed by atoms with Crippen LogP contribution in [0.4, 0.5) is 0 Å². The zero-order valence-electron chi connectivity index (χ0n) is 12.4. The second kappa shape index (κ2) is 5.36. The van der Waals surface area contributed by atoms with E-state index in [0.717, 1.165) is 25.1 Å². The average molecular weight is 403 g/mol. The molecule has 1 spiro atoms. The number of hydrogen-bond acceptors (Lipinski definition) is 3. The Morgan fingerprint density at radius 2 is 1.95 bits per heavy atom. The van der Waals surface area contributed by atoms with Crippen molar-refractivity contribution in [1.82, 2.24) is 5.32 Å². The third kappa shape index (κ3) is 2.83. The van der Waals surface area contributed by atoms with Gasteiger partial charge in [0.2, 0.25) is 0 Å². The number of thioether (sulfide) groups is 1.